The van der Waals surface area contributed by atoms with Gasteiger partial charge in [-0.05, 0) is 73.0 Å². The zero-order chi connectivity index (χ0) is 21.8. The number of hydrogen-bond donors (Lipinski definition) is 2. The maximum Gasteiger partial charge on any atom is 0.218 e. The number of hydrogen-bond acceptors (Lipinski definition) is 4. The minimum Gasteiger partial charge on any atom is -0.332 e. The molecule has 4 aromatic rings. The number of benzene rings is 3. The third kappa shape index (κ3) is 5.34. The van der Waals surface area contributed by atoms with Crippen LogP contribution in [0.3, 0.4) is 0 Å². The topological polar surface area (TPSA) is 54.8 Å². The SMILES string of the molecule is S=C(Nc1ccc(Cl)cc1)Nc1nc(-c2ccccc2)nc(=S)n1-c1ccc(Br)cc1. The molecule has 0 unspecified atom stereocenters. The van der Waals surface area contributed by atoms with Gasteiger partial charge in [0.15, 0.2) is 10.9 Å². The van der Waals surface area contributed by atoms with Crippen LogP contribution in [0.25, 0.3) is 17.1 Å². The summed E-state index contributed by atoms with van der Waals surface area (Å²) in [5.41, 5.74) is 2.47. The van der Waals surface area contributed by atoms with E-state index in [9.17, 15) is 0 Å². The summed E-state index contributed by atoms with van der Waals surface area (Å²) in [6.45, 7) is 0. The molecule has 0 saturated carbocycles. The molecule has 1 heterocycles. The first-order valence-corrected chi connectivity index (χ1v) is 11.1. The Morgan fingerprint density at radius 2 is 1.55 bits per heavy atom. The van der Waals surface area contributed by atoms with Crippen molar-refractivity contribution in [2.75, 3.05) is 10.6 Å². The Labute approximate surface area is 203 Å². The molecule has 0 fully saturated rings. The van der Waals surface area contributed by atoms with Crippen molar-refractivity contribution in [2.24, 2.45) is 0 Å². The minimum atomic E-state index is 0.355. The van der Waals surface area contributed by atoms with Gasteiger partial charge in [0, 0.05) is 20.7 Å². The van der Waals surface area contributed by atoms with E-state index in [4.69, 9.17) is 41.0 Å². The second-order valence-electron chi connectivity index (χ2n) is 6.42. The zero-order valence-electron chi connectivity index (χ0n) is 15.9. The molecular formula is C22H15BrClN5S2. The summed E-state index contributed by atoms with van der Waals surface area (Å²) in [4.78, 5) is 9.25. The fourth-order valence-electron chi connectivity index (χ4n) is 2.83. The minimum absolute atomic E-state index is 0.355. The number of aromatic nitrogens is 3. The van der Waals surface area contributed by atoms with Gasteiger partial charge in [-0.2, -0.15) is 9.97 Å². The Balaban J connectivity index is 1.74. The largest absolute Gasteiger partial charge is 0.332 e. The second kappa shape index (κ2) is 9.65. The maximum atomic E-state index is 5.96. The monoisotopic (exact) mass is 527 g/mol. The van der Waals surface area contributed by atoms with Gasteiger partial charge in [-0.1, -0.05) is 57.9 Å². The van der Waals surface area contributed by atoms with Gasteiger partial charge in [0.25, 0.3) is 0 Å². The Hall–Kier alpha value is -2.65. The van der Waals surface area contributed by atoms with Crippen LogP contribution >= 0.6 is 52.0 Å². The normalized spacial score (nSPS) is 10.5. The van der Waals surface area contributed by atoms with Crippen LogP contribution in [-0.4, -0.2) is 19.6 Å². The van der Waals surface area contributed by atoms with Crippen LogP contribution < -0.4 is 10.6 Å². The predicted molar refractivity (Wildman–Crippen MR) is 137 cm³/mol. The molecule has 4 rings (SSSR count). The molecule has 2 N–H and O–H groups in total. The molecule has 0 radical (unpaired) electrons. The van der Waals surface area contributed by atoms with Crippen LogP contribution in [0.1, 0.15) is 0 Å². The summed E-state index contributed by atoms with van der Waals surface area (Å²) in [7, 11) is 0. The first kappa shape index (κ1) is 21.6. The van der Waals surface area contributed by atoms with Crippen LogP contribution in [0, 0.1) is 4.77 Å². The van der Waals surface area contributed by atoms with Gasteiger partial charge in [-0.3, -0.25) is 4.57 Å². The molecule has 0 bridgehead atoms. The standard InChI is InChI=1S/C22H15BrClN5S2/c23-15-6-12-18(13-7-15)29-20(28-21(30)25-17-10-8-16(24)9-11-17)26-19(27-22(29)31)14-4-2-1-3-5-14/h1-13H,(H2,25,26,27,28,30,31). The van der Waals surface area contributed by atoms with E-state index in [0.29, 0.717) is 26.7 Å². The van der Waals surface area contributed by atoms with E-state index < -0.39 is 0 Å². The van der Waals surface area contributed by atoms with E-state index in [2.05, 4.69) is 31.5 Å². The number of anilines is 2. The summed E-state index contributed by atoms with van der Waals surface area (Å²) in [6.07, 6.45) is 0. The first-order valence-electron chi connectivity index (χ1n) is 9.15. The molecule has 0 spiro atoms. The van der Waals surface area contributed by atoms with Crippen LogP contribution in [0.15, 0.2) is 83.3 Å². The van der Waals surface area contributed by atoms with Crippen molar-refractivity contribution in [1.29, 1.82) is 0 Å². The van der Waals surface area contributed by atoms with Crippen LogP contribution in [0.5, 0.6) is 0 Å². The molecule has 0 aliphatic heterocycles. The predicted octanol–water partition coefficient (Wildman–Crippen LogP) is 6.89. The molecule has 0 aliphatic carbocycles. The van der Waals surface area contributed by atoms with Crippen molar-refractivity contribution in [3.8, 4) is 17.1 Å². The third-order valence-corrected chi connectivity index (χ3v) is 5.52. The summed E-state index contributed by atoms with van der Waals surface area (Å²) >= 11 is 20.6. The molecule has 3 aromatic carbocycles. The number of halogens is 2. The van der Waals surface area contributed by atoms with E-state index in [0.717, 1.165) is 21.4 Å². The van der Waals surface area contributed by atoms with Crippen molar-refractivity contribution < 1.29 is 0 Å². The highest BCUT2D eigenvalue weighted by molar-refractivity contribution is 9.10. The van der Waals surface area contributed by atoms with Gasteiger partial charge in [-0.25, -0.2) is 0 Å². The highest BCUT2D eigenvalue weighted by Gasteiger charge is 2.13. The van der Waals surface area contributed by atoms with Gasteiger partial charge in [0.2, 0.25) is 10.7 Å². The lowest BCUT2D eigenvalue weighted by Crippen LogP contribution is -2.23. The molecule has 31 heavy (non-hydrogen) atoms. The lowest BCUT2D eigenvalue weighted by Gasteiger charge is -2.17. The van der Waals surface area contributed by atoms with Crippen LogP contribution in [-0.2, 0) is 0 Å². The fourth-order valence-corrected chi connectivity index (χ4v) is 3.70. The van der Waals surface area contributed by atoms with E-state index in [1.165, 1.54) is 0 Å². The Morgan fingerprint density at radius 3 is 2.23 bits per heavy atom. The summed E-state index contributed by atoms with van der Waals surface area (Å²) < 4.78 is 3.05. The van der Waals surface area contributed by atoms with Crippen molar-refractivity contribution >= 4 is 68.7 Å². The molecule has 154 valence electrons. The Morgan fingerprint density at radius 1 is 0.871 bits per heavy atom. The van der Waals surface area contributed by atoms with Gasteiger partial charge < -0.3 is 10.6 Å². The number of nitrogens with one attached hydrogen (secondary N) is 2. The molecule has 0 aliphatic rings. The average Bonchev–Trinajstić information content (AvgIpc) is 2.77. The Bertz CT molecular complexity index is 1280. The van der Waals surface area contributed by atoms with Crippen molar-refractivity contribution in [2.45, 2.75) is 0 Å². The molecule has 0 amide bonds. The molecule has 5 nitrogen and oxygen atoms in total. The smallest absolute Gasteiger partial charge is 0.218 e. The van der Waals surface area contributed by atoms with Gasteiger partial charge in [0.1, 0.15) is 0 Å². The van der Waals surface area contributed by atoms with E-state index >= 15 is 0 Å². The number of rotatable bonds is 4. The van der Waals surface area contributed by atoms with Gasteiger partial charge in [0.05, 0.1) is 5.69 Å². The average molecular weight is 529 g/mol. The maximum absolute atomic E-state index is 5.96. The Kier molecular flexibility index (Phi) is 6.72. The summed E-state index contributed by atoms with van der Waals surface area (Å²) in [5, 5.41) is 7.30. The highest BCUT2D eigenvalue weighted by atomic mass is 79.9. The second-order valence-corrected chi connectivity index (χ2v) is 8.54. The molecule has 0 saturated heterocycles. The lowest BCUT2D eigenvalue weighted by atomic mass is 10.2. The number of thiocarbonyl (C=S) groups is 1. The lowest BCUT2D eigenvalue weighted by molar-refractivity contribution is 0.914. The summed E-state index contributed by atoms with van der Waals surface area (Å²) in [6, 6.07) is 24.6. The fraction of sp³-hybridized carbons (Fsp3) is 0. The van der Waals surface area contributed by atoms with E-state index in [1.54, 1.807) is 16.7 Å². The van der Waals surface area contributed by atoms with Gasteiger partial charge in [-0.15, -0.1) is 0 Å². The van der Waals surface area contributed by atoms with Crippen molar-refractivity contribution in [3.05, 3.63) is 93.1 Å². The summed E-state index contributed by atoms with van der Waals surface area (Å²) in [5.74, 6) is 0.961. The zero-order valence-corrected chi connectivity index (χ0v) is 19.9. The molecule has 0 atom stereocenters. The quantitative estimate of drug-likeness (QED) is 0.281. The van der Waals surface area contributed by atoms with E-state index in [-0.39, 0.29) is 0 Å². The van der Waals surface area contributed by atoms with E-state index in [1.807, 2.05) is 66.7 Å². The first-order chi connectivity index (χ1) is 15.0. The number of nitrogens with zero attached hydrogens (tertiary/aromatic N) is 3. The molecule has 1 aromatic heterocycles. The van der Waals surface area contributed by atoms with Crippen molar-refractivity contribution in [3.63, 3.8) is 0 Å². The highest BCUT2D eigenvalue weighted by Crippen LogP contribution is 2.22. The van der Waals surface area contributed by atoms with Crippen molar-refractivity contribution in [1.82, 2.24) is 14.5 Å². The van der Waals surface area contributed by atoms with Crippen LogP contribution in [0.2, 0.25) is 5.02 Å². The van der Waals surface area contributed by atoms with Gasteiger partial charge >= 0.3 is 0 Å². The molecular weight excluding hydrogens is 514 g/mol. The third-order valence-electron chi connectivity index (χ3n) is 4.26. The van der Waals surface area contributed by atoms with Crippen LogP contribution in [0.4, 0.5) is 11.6 Å². The molecule has 9 heteroatoms.